The molecule has 0 aliphatic carbocycles. The molecule has 1 aliphatic heterocycles. The highest BCUT2D eigenvalue weighted by Crippen LogP contribution is 2.26. The summed E-state index contributed by atoms with van der Waals surface area (Å²) in [7, 11) is 0. The van der Waals surface area contributed by atoms with Gasteiger partial charge in [0.15, 0.2) is 10.3 Å². The van der Waals surface area contributed by atoms with E-state index in [9.17, 15) is 9.59 Å². The second-order valence-electron chi connectivity index (χ2n) is 7.05. The van der Waals surface area contributed by atoms with Gasteiger partial charge in [-0.15, -0.1) is 11.3 Å². The number of thioether (sulfide) groups is 1. The first-order valence-corrected chi connectivity index (χ1v) is 11.4. The molecule has 0 bridgehead atoms. The minimum absolute atomic E-state index is 0.102. The van der Waals surface area contributed by atoms with Crippen molar-refractivity contribution in [1.82, 2.24) is 19.4 Å². The summed E-state index contributed by atoms with van der Waals surface area (Å²) in [5.74, 6) is 0.178. The number of nitrogens with one attached hydrogen (secondary N) is 1. The van der Waals surface area contributed by atoms with E-state index in [1.807, 2.05) is 47.6 Å². The molecule has 29 heavy (non-hydrogen) atoms. The summed E-state index contributed by atoms with van der Waals surface area (Å²) in [6.45, 7) is 5.80. The number of likely N-dealkylation sites (tertiary alicyclic amines) is 1. The Balaban J connectivity index is 1.48. The van der Waals surface area contributed by atoms with Crippen LogP contribution in [0.5, 0.6) is 0 Å². The fourth-order valence-corrected chi connectivity index (χ4v) is 4.97. The number of anilines is 1. The van der Waals surface area contributed by atoms with Gasteiger partial charge in [0.1, 0.15) is 6.54 Å². The first-order chi connectivity index (χ1) is 14.0. The molecule has 1 fully saturated rings. The molecule has 0 radical (unpaired) electrons. The summed E-state index contributed by atoms with van der Waals surface area (Å²) in [6, 6.07) is 7.76. The number of aryl methyl sites for hydroxylation is 2. The van der Waals surface area contributed by atoms with Crippen LogP contribution in [-0.4, -0.2) is 50.1 Å². The van der Waals surface area contributed by atoms with Gasteiger partial charge < -0.3 is 14.8 Å². The molecule has 1 saturated heterocycles. The Labute approximate surface area is 177 Å². The van der Waals surface area contributed by atoms with E-state index in [4.69, 9.17) is 0 Å². The maximum atomic E-state index is 12.7. The second kappa shape index (κ2) is 8.54. The van der Waals surface area contributed by atoms with E-state index >= 15 is 0 Å². The number of nitrogens with zero attached hydrogens (tertiary/aromatic N) is 4. The van der Waals surface area contributed by atoms with Crippen LogP contribution < -0.4 is 5.32 Å². The number of fused-ring (bicyclic) bond motifs is 1. The van der Waals surface area contributed by atoms with Crippen molar-refractivity contribution in [1.29, 1.82) is 0 Å². The summed E-state index contributed by atoms with van der Waals surface area (Å²) in [5.41, 5.74) is 2.67. The Bertz CT molecular complexity index is 1030. The molecular formula is C20H23N5O2S2. The zero-order valence-corrected chi connectivity index (χ0v) is 18.1. The van der Waals surface area contributed by atoms with E-state index in [-0.39, 0.29) is 24.1 Å². The predicted octanol–water partition coefficient (Wildman–Crippen LogP) is 3.46. The lowest BCUT2D eigenvalue weighted by Crippen LogP contribution is -2.31. The van der Waals surface area contributed by atoms with Crippen molar-refractivity contribution in [2.45, 2.75) is 38.4 Å². The highest BCUT2D eigenvalue weighted by molar-refractivity contribution is 7.99. The van der Waals surface area contributed by atoms with Crippen LogP contribution in [0, 0.1) is 13.8 Å². The van der Waals surface area contributed by atoms with E-state index < -0.39 is 0 Å². The Kier molecular flexibility index (Phi) is 5.86. The van der Waals surface area contributed by atoms with Crippen LogP contribution in [0.3, 0.4) is 0 Å². The zero-order valence-electron chi connectivity index (χ0n) is 16.5. The molecule has 1 aliphatic rings. The molecule has 1 N–H and O–H groups in total. The van der Waals surface area contributed by atoms with Crippen molar-refractivity contribution >= 4 is 51.1 Å². The van der Waals surface area contributed by atoms with Crippen LogP contribution >= 0.6 is 23.1 Å². The maximum Gasteiger partial charge on any atom is 0.242 e. The van der Waals surface area contributed by atoms with E-state index in [1.54, 1.807) is 0 Å². The number of amides is 2. The number of benzene rings is 1. The lowest BCUT2D eigenvalue weighted by molar-refractivity contribution is -0.130. The van der Waals surface area contributed by atoms with Crippen molar-refractivity contribution in [3.8, 4) is 0 Å². The summed E-state index contributed by atoms with van der Waals surface area (Å²) >= 11 is 2.81. The van der Waals surface area contributed by atoms with Gasteiger partial charge in [-0.1, -0.05) is 23.9 Å². The number of hydrogen-bond acceptors (Lipinski definition) is 6. The van der Waals surface area contributed by atoms with Crippen LogP contribution in [-0.2, 0) is 16.1 Å². The average Bonchev–Trinajstić information content (AvgIpc) is 3.41. The van der Waals surface area contributed by atoms with E-state index in [0.29, 0.717) is 10.3 Å². The first-order valence-electron chi connectivity index (χ1n) is 9.61. The van der Waals surface area contributed by atoms with E-state index in [2.05, 4.69) is 15.3 Å². The number of hydrogen-bond donors (Lipinski definition) is 1. The number of carbonyl (C=O) groups excluding carboxylic acids is 2. The lowest BCUT2D eigenvalue weighted by Gasteiger charge is -2.16. The lowest BCUT2D eigenvalue weighted by atomic mass is 10.3. The summed E-state index contributed by atoms with van der Waals surface area (Å²) < 4.78 is 1.92. The second-order valence-corrected chi connectivity index (χ2v) is 9.20. The van der Waals surface area contributed by atoms with Gasteiger partial charge in [-0.25, -0.2) is 9.97 Å². The summed E-state index contributed by atoms with van der Waals surface area (Å²) in [5, 5.41) is 4.14. The van der Waals surface area contributed by atoms with Crippen LogP contribution in [0.2, 0.25) is 0 Å². The van der Waals surface area contributed by atoms with Crippen LogP contribution in [0.15, 0.2) is 29.4 Å². The Morgan fingerprint density at radius 2 is 1.93 bits per heavy atom. The van der Waals surface area contributed by atoms with Gasteiger partial charge in [0, 0.05) is 18.0 Å². The van der Waals surface area contributed by atoms with Gasteiger partial charge in [0.25, 0.3) is 0 Å². The molecule has 3 heterocycles. The van der Waals surface area contributed by atoms with Crippen molar-refractivity contribution < 1.29 is 9.59 Å². The van der Waals surface area contributed by atoms with Crippen LogP contribution in [0.1, 0.15) is 23.4 Å². The smallest absolute Gasteiger partial charge is 0.242 e. The third-order valence-corrected chi connectivity index (χ3v) is 6.94. The number of thiazole rings is 1. The fraction of sp³-hybridized carbons (Fsp3) is 0.400. The van der Waals surface area contributed by atoms with Gasteiger partial charge >= 0.3 is 0 Å². The van der Waals surface area contributed by atoms with Gasteiger partial charge in [-0.3, -0.25) is 9.59 Å². The molecule has 7 nitrogen and oxygen atoms in total. The summed E-state index contributed by atoms with van der Waals surface area (Å²) in [6.07, 6.45) is 2.13. The normalized spacial score (nSPS) is 13.9. The predicted molar refractivity (Wildman–Crippen MR) is 116 cm³/mol. The average molecular weight is 430 g/mol. The Morgan fingerprint density at radius 3 is 2.66 bits per heavy atom. The molecule has 3 aromatic rings. The van der Waals surface area contributed by atoms with E-state index in [0.717, 1.165) is 47.5 Å². The number of carbonyl (C=O) groups is 2. The molecule has 2 aromatic heterocycles. The van der Waals surface area contributed by atoms with Crippen molar-refractivity contribution in [3.05, 3.63) is 34.8 Å². The van der Waals surface area contributed by atoms with E-state index in [1.165, 1.54) is 23.1 Å². The number of para-hydroxylation sites is 2. The third-order valence-electron chi connectivity index (χ3n) is 4.98. The third kappa shape index (κ3) is 4.45. The van der Waals surface area contributed by atoms with Crippen molar-refractivity contribution in [3.63, 3.8) is 0 Å². The quantitative estimate of drug-likeness (QED) is 0.607. The topological polar surface area (TPSA) is 80.1 Å². The molecule has 0 saturated carbocycles. The fourth-order valence-electron chi connectivity index (χ4n) is 3.33. The van der Waals surface area contributed by atoms with Crippen molar-refractivity contribution in [2.24, 2.45) is 0 Å². The number of imidazole rings is 1. The molecule has 4 rings (SSSR count). The largest absolute Gasteiger partial charge is 0.341 e. The van der Waals surface area contributed by atoms with Gasteiger partial charge in [-0.2, -0.15) is 0 Å². The highest BCUT2D eigenvalue weighted by atomic mass is 32.2. The molecule has 0 unspecified atom stereocenters. The van der Waals surface area contributed by atoms with Crippen LogP contribution in [0.25, 0.3) is 11.0 Å². The molecule has 9 heteroatoms. The Morgan fingerprint density at radius 1 is 1.17 bits per heavy atom. The van der Waals surface area contributed by atoms with Gasteiger partial charge in [-0.05, 0) is 38.8 Å². The first kappa shape index (κ1) is 19.9. The standard InChI is InChI=1S/C20H23N5O2S2/c1-13-14(2)29-19(21-13)23-17(26)12-28-20-22-15-7-3-4-8-16(15)25(20)11-18(27)24-9-5-6-10-24/h3-4,7-8H,5-6,9-12H2,1-2H3,(H,21,23,26). The number of rotatable bonds is 6. The molecule has 2 amide bonds. The monoisotopic (exact) mass is 429 g/mol. The van der Waals surface area contributed by atoms with Gasteiger partial charge in [0.2, 0.25) is 11.8 Å². The Hall–Kier alpha value is -2.39. The number of aromatic nitrogens is 3. The SMILES string of the molecule is Cc1nc(NC(=O)CSc2nc3ccccc3n2CC(=O)N2CCCC2)sc1C. The maximum absolute atomic E-state index is 12.7. The minimum Gasteiger partial charge on any atom is -0.341 e. The molecule has 0 atom stereocenters. The molecular weight excluding hydrogens is 406 g/mol. The zero-order chi connectivity index (χ0) is 20.4. The van der Waals surface area contributed by atoms with Gasteiger partial charge in [0.05, 0.1) is 22.5 Å². The highest BCUT2D eigenvalue weighted by Gasteiger charge is 2.21. The molecule has 152 valence electrons. The van der Waals surface area contributed by atoms with Crippen molar-refractivity contribution in [2.75, 3.05) is 24.2 Å². The molecule has 1 aromatic carbocycles. The molecule has 0 spiro atoms. The summed E-state index contributed by atoms with van der Waals surface area (Å²) in [4.78, 5) is 37.1. The minimum atomic E-state index is -0.131. The van der Waals surface area contributed by atoms with Crippen LogP contribution in [0.4, 0.5) is 5.13 Å².